The van der Waals surface area contributed by atoms with Crippen molar-refractivity contribution in [3.05, 3.63) is 24.0 Å². The van der Waals surface area contributed by atoms with E-state index in [-0.39, 0.29) is 30.4 Å². The Morgan fingerprint density at radius 1 is 1.24 bits per heavy atom. The number of morpholine rings is 1. The molecule has 1 saturated heterocycles. The first-order chi connectivity index (χ1) is 13.6. The predicted molar refractivity (Wildman–Crippen MR) is 113 cm³/mol. The van der Waals surface area contributed by atoms with Gasteiger partial charge in [-0.1, -0.05) is 0 Å². The van der Waals surface area contributed by atoms with Crippen LogP contribution in [0.15, 0.2) is 18.2 Å². The maximum atomic E-state index is 13.8. The van der Waals surface area contributed by atoms with Gasteiger partial charge in [0.25, 0.3) is 0 Å². The Kier molecular flexibility index (Phi) is 8.42. The molecule has 2 unspecified atom stereocenters. The van der Waals surface area contributed by atoms with Crippen molar-refractivity contribution < 1.29 is 22.3 Å². The number of carbonyl (C=O) groups excluding carboxylic acids is 1. The number of unbranched alkanes of at least 4 members (excludes halogenated alkanes) is 1. The number of anilines is 2. The van der Waals surface area contributed by atoms with Crippen LogP contribution in [0.1, 0.15) is 47.0 Å². The number of nitrogens with one attached hydrogen (secondary N) is 2. The minimum Gasteiger partial charge on any atom is -0.372 e. The first-order valence-electron chi connectivity index (χ1n) is 10.1. The fourth-order valence-corrected chi connectivity index (χ4v) is 4.01. The number of carbonyl (C=O) groups is 1. The normalized spacial score (nSPS) is 20.1. The third-order valence-corrected chi connectivity index (χ3v) is 6.60. The summed E-state index contributed by atoms with van der Waals surface area (Å²) in [7, 11) is -3.28. The van der Waals surface area contributed by atoms with Crippen LogP contribution < -0.4 is 14.9 Å². The Hall–Kier alpha value is -1.71. The largest absolute Gasteiger partial charge is 0.372 e. The first kappa shape index (κ1) is 23.6. The molecular formula is C20H32FN3O4S. The second kappa shape index (κ2) is 10.4. The highest BCUT2D eigenvalue weighted by molar-refractivity contribution is 7.90. The van der Waals surface area contributed by atoms with E-state index in [1.165, 1.54) is 12.1 Å². The van der Waals surface area contributed by atoms with Gasteiger partial charge in [-0.15, -0.1) is 0 Å². The van der Waals surface area contributed by atoms with E-state index < -0.39 is 15.3 Å². The molecule has 2 N–H and O–H groups in total. The summed E-state index contributed by atoms with van der Waals surface area (Å²) in [5.74, 6) is -0.541. The van der Waals surface area contributed by atoms with Crippen LogP contribution in [-0.2, 0) is 19.6 Å². The van der Waals surface area contributed by atoms with E-state index in [9.17, 15) is 17.6 Å². The lowest BCUT2D eigenvalue weighted by Gasteiger charge is -2.37. The van der Waals surface area contributed by atoms with Crippen LogP contribution in [0, 0.1) is 5.82 Å². The number of hydrogen-bond acceptors (Lipinski definition) is 5. The Bertz CT molecular complexity index is 791. The topological polar surface area (TPSA) is 87.7 Å². The number of benzene rings is 1. The van der Waals surface area contributed by atoms with Gasteiger partial charge in [0.1, 0.15) is 5.82 Å². The fourth-order valence-electron chi connectivity index (χ4n) is 3.25. The van der Waals surface area contributed by atoms with E-state index in [4.69, 9.17) is 4.74 Å². The fraction of sp³-hybridized carbons (Fsp3) is 0.650. The van der Waals surface area contributed by atoms with Gasteiger partial charge in [0.2, 0.25) is 15.9 Å². The molecule has 1 aromatic carbocycles. The molecule has 1 heterocycles. The van der Waals surface area contributed by atoms with Crippen LogP contribution >= 0.6 is 0 Å². The summed E-state index contributed by atoms with van der Waals surface area (Å²) in [5.41, 5.74) is 1.21. The minimum absolute atomic E-state index is 0.0141. The molecule has 29 heavy (non-hydrogen) atoms. The van der Waals surface area contributed by atoms with Gasteiger partial charge >= 0.3 is 0 Å². The lowest BCUT2D eigenvalue weighted by molar-refractivity contribution is -0.116. The smallest absolute Gasteiger partial charge is 0.224 e. The average molecular weight is 430 g/mol. The van der Waals surface area contributed by atoms with Gasteiger partial charge in [-0.25, -0.2) is 17.5 Å². The molecule has 1 aromatic rings. The number of amides is 1. The molecule has 2 atom stereocenters. The molecule has 0 spiro atoms. The molecule has 0 aliphatic carbocycles. The second-order valence-electron chi connectivity index (χ2n) is 7.82. The van der Waals surface area contributed by atoms with E-state index >= 15 is 0 Å². The number of rotatable bonds is 9. The van der Waals surface area contributed by atoms with Gasteiger partial charge in [0.15, 0.2) is 0 Å². The molecule has 0 radical (unpaired) electrons. The van der Waals surface area contributed by atoms with E-state index in [1.54, 1.807) is 19.9 Å². The summed E-state index contributed by atoms with van der Waals surface area (Å²) < 4.78 is 45.5. The van der Waals surface area contributed by atoms with Crippen LogP contribution in [0.2, 0.25) is 0 Å². The van der Waals surface area contributed by atoms with Crippen LogP contribution in [0.4, 0.5) is 15.8 Å². The molecule has 0 aromatic heterocycles. The Balaban J connectivity index is 1.90. The van der Waals surface area contributed by atoms with Crippen LogP contribution in [0.5, 0.6) is 0 Å². The lowest BCUT2D eigenvalue weighted by Crippen LogP contribution is -2.45. The maximum absolute atomic E-state index is 13.8. The Labute approximate surface area is 173 Å². The minimum atomic E-state index is -3.28. The van der Waals surface area contributed by atoms with Gasteiger partial charge in [-0.05, 0) is 58.7 Å². The highest BCUT2D eigenvalue weighted by Crippen LogP contribution is 2.30. The summed E-state index contributed by atoms with van der Waals surface area (Å²) in [6.45, 7) is 8.71. The molecule has 2 rings (SSSR count). The van der Waals surface area contributed by atoms with E-state index in [2.05, 4.69) is 10.0 Å². The molecule has 0 saturated carbocycles. The Morgan fingerprint density at radius 3 is 2.52 bits per heavy atom. The number of sulfonamides is 1. The van der Waals surface area contributed by atoms with Crippen molar-refractivity contribution in [3.63, 3.8) is 0 Å². The summed E-state index contributed by atoms with van der Waals surface area (Å²) >= 11 is 0. The molecule has 7 nitrogen and oxygen atoms in total. The predicted octanol–water partition coefficient (Wildman–Crippen LogP) is 2.88. The first-order valence-corrected chi connectivity index (χ1v) is 11.6. The van der Waals surface area contributed by atoms with Crippen molar-refractivity contribution in [1.82, 2.24) is 4.72 Å². The highest BCUT2D eigenvalue weighted by Gasteiger charge is 2.25. The zero-order valence-electron chi connectivity index (χ0n) is 17.6. The highest BCUT2D eigenvalue weighted by atomic mass is 32.2. The van der Waals surface area contributed by atoms with Gasteiger partial charge in [-0.2, -0.15) is 0 Å². The monoisotopic (exact) mass is 429 g/mol. The Morgan fingerprint density at radius 2 is 1.90 bits per heavy atom. The van der Waals surface area contributed by atoms with Crippen molar-refractivity contribution in [2.75, 3.05) is 29.9 Å². The molecule has 9 heteroatoms. The number of halogens is 1. The number of hydrogen-bond donors (Lipinski definition) is 2. The van der Waals surface area contributed by atoms with Crippen molar-refractivity contribution in [2.45, 2.75) is 64.4 Å². The van der Waals surface area contributed by atoms with Crippen molar-refractivity contribution in [1.29, 1.82) is 0 Å². The van der Waals surface area contributed by atoms with E-state index in [0.717, 1.165) is 0 Å². The van der Waals surface area contributed by atoms with Gasteiger partial charge in [0, 0.05) is 26.1 Å². The molecule has 1 amide bonds. The van der Waals surface area contributed by atoms with Crippen molar-refractivity contribution >= 4 is 27.3 Å². The van der Waals surface area contributed by atoms with E-state index in [1.807, 2.05) is 18.7 Å². The van der Waals surface area contributed by atoms with Gasteiger partial charge < -0.3 is 15.0 Å². The maximum Gasteiger partial charge on any atom is 0.224 e. The van der Waals surface area contributed by atoms with Crippen molar-refractivity contribution in [3.8, 4) is 0 Å². The number of ether oxygens (including phenoxy) is 1. The molecular weight excluding hydrogens is 397 g/mol. The van der Waals surface area contributed by atoms with Gasteiger partial charge in [0.05, 0.1) is 28.8 Å². The molecule has 0 bridgehead atoms. The zero-order valence-corrected chi connectivity index (χ0v) is 18.4. The quantitative estimate of drug-likeness (QED) is 0.590. The third kappa shape index (κ3) is 7.24. The SMILES string of the molecule is CC1CN(c2cc(F)ccc2NC(=O)CCCCNS(=O)(=O)C(C)C)CC(C)O1. The average Bonchev–Trinajstić information content (AvgIpc) is 2.61. The summed E-state index contributed by atoms with van der Waals surface area (Å²) in [4.78, 5) is 14.4. The molecule has 1 aliphatic rings. The standard InChI is InChI=1S/C20H32FN3O4S/c1-14(2)29(26,27)22-10-6-5-7-20(25)23-18-9-8-17(21)11-19(18)24-12-15(3)28-16(4)13-24/h8-9,11,14-16,22H,5-7,10,12-13H2,1-4H3,(H,23,25). The second-order valence-corrected chi connectivity index (χ2v) is 10.1. The number of nitrogens with zero attached hydrogens (tertiary/aromatic N) is 1. The van der Waals surface area contributed by atoms with Crippen LogP contribution in [0.3, 0.4) is 0 Å². The summed E-state index contributed by atoms with van der Waals surface area (Å²) in [6.07, 6.45) is 1.40. The molecule has 1 fully saturated rings. The lowest BCUT2D eigenvalue weighted by atomic mass is 10.1. The summed E-state index contributed by atoms with van der Waals surface area (Å²) in [5, 5.41) is 2.38. The van der Waals surface area contributed by atoms with E-state index in [0.29, 0.717) is 43.9 Å². The third-order valence-electron chi connectivity index (χ3n) is 4.75. The van der Waals surface area contributed by atoms with Gasteiger partial charge in [-0.3, -0.25) is 4.79 Å². The molecule has 164 valence electrons. The van der Waals surface area contributed by atoms with Crippen LogP contribution in [0.25, 0.3) is 0 Å². The molecule has 1 aliphatic heterocycles. The zero-order chi connectivity index (χ0) is 21.6. The van der Waals surface area contributed by atoms with Crippen LogP contribution in [-0.4, -0.2) is 51.4 Å². The summed E-state index contributed by atoms with van der Waals surface area (Å²) in [6, 6.07) is 4.33. The van der Waals surface area contributed by atoms with Crippen molar-refractivity contribution in [2.24, 2.45) is 0 Å².